The first-order chi connectivity index (χ1) is 32.1. The van der Waals surface area contributed by atoms with E-state index in [0.29, 0.717) is 82.7 Å². The Bertz CT molecular complexity index is 2710. The molecular formula is C48H57BBrF2N6O10. The number of carbonyl (C=O) groups is 2. The van der Waals surface area contributed by atoms with Gasteiger partial charge in [-0.1, -0.05) is 13.8 Å². The van der Waals surface area contributed by atoms with Crippen molar-refractivity contribution in [1.29, 1.82) is 0 Å². The Hall–Kier alpha value is -6.28. The fourth-order valence-electron chi connectivity index (χ4n) is 7.26. The van der Waals surface area contributed by atoms with Gasteiger partial charge in [-0.3, -0.25) is 0 Å². The summed E-state index contributed by atoms with van der Waals surface area (Å²) in [5.74, 6) is -0.0568. The molecule has 8 rings (SSSR count). The number of nitrogens with zero attached hydrogens (tertiary/aromatic N) is 6. The van der Waals surface area contributed by atoms with Crippen LogP contribution in [0.5, 0.6) is 28.7 Å². The molecule has 2 aliphatic rings. The third kappa shape index (κ3) is 13.2. The largest absolute Gasteiger partial charge is 0.569 e. The number of rotatable bonds is 11. The van der Waals surface area contributed by atoms with E-state index in [1.165, 1.54) is 18.2 Å². The number of carbonyl (C=O) groups excluding carboxylic acids is 2. The second-order valence-corrected chi connectivity index (χ2v) is 19.3. The summed E-state index contributed by atoms with van der Waals surface area (Å²) in [7, 11) is 0.477. The average Bonchev–Trinajstić information content (AvgIpc) is 3.91. The first kappa shape index (κ1) is 51.1. The molecule has 2 aromatic carbocycles. The quantitative estimate of drug-likeness (QED) is 0.105. The van der Waals surface area contributed by atoms with E-state index in [4.69, 9.17) is 29.1 Å². The highest BCUT2D eigenvalue weighted by Crippen LogP contribution is 2.35. The topological polar surface area (TPSA) is 182 Å². The summed E-state index contributed by atoms with van der Waals surface area (Å²) >= 11 is 3.46. The third-order valence-electron chi connectivity index (χ3n) is 10.7. The second-order valence-electron chi connectivity index (χ2n) is 18.4. The number of phenolic OH excluding ortho intramolecular Hbond substituents is 2. The number of halogens is 3. The minimum Gasteiger partial charge on any atom is -0.537 e. The minimum absolute atomic E-state index is 0.200. The van der Waals surface area contributed by atoms with Crippen LogP contribution in [-0.2, 0) is 22.3 Å². The number of imidazole rings is 2. The summed E-state index contributed by atoms with van der Waals surface area (Å²) in [6.45, 7) is 18.4. The van der Waals surface area contributed by atoms with Crippen molar-refractivity contribution in [2.24, 2.45) is 11.8 Å². The highest BCUT2D eigenvalue weighted by Gasteiger charge is 2.35. The van der Waals surface area contributed by atoms with Crippen LogP contribution in [0.25, 0.3) is 22.2 Å². The SMILES string of the molecule is CC(C)(C)OC(=O)N1CC(COc2cc(Br)cn3cncc23)C1.CCc1cc(O)c(F)cc1-c1cc(OCC2CN(C(=O)OC(C)(C)C)C2)c2cncn2c1.CCc1cc(O)c(F)cc1O[B]O. The van der Waals surface area contributed by atoms with Crippen molar-refractivity contribution in [1.82, 2.24) is 28.6 Å². The summed E-state index contributed by atoms with van der Waals surface area (Å²) in [5.41, 5.74) is 3.69. The number of aromatic nitrogens is 4. The van der Waals surface area contributed by atoms with Crippen LogP contribution in [0.2, 0.25) is 0 Å². The summed E-state index contributed by atoms with van der Waals surface area (Å²) in [4.78, 5) is 35.7. The lowest BCUT2D eigenvalue weighted by atomic mass is 9.98. The van der Waals surface area contributed by atoms with Crippen LogP contribution in [-0.4, -0.2) is 114 Å². The molecule has 0 spiro atoms. The maximum atomic E-state index is 14.1. The molecule has 0 atom stereocenters. The molecule has 16 nitrogen and oxygen atoms in total. The zero-order valence-corrected chi connectivity index (χ0v) is 40.9. The molecule has 2 fully saturated rings. The average molecular weight is 1010 g/mol. The Morgan fingerprint density at radius 3 is 1.66 bits per heavy atom. The van der Waals surface area contributed by atoms with E-state index in [9.17, 15) is 23.5 Å². The van der Waals surface area contributed by atoms with Crippen molar-refractivity contribution in [3.63, 3.8) is 0 Å². The van der Waals surface area contributed by atoms with E-state index in [1.54, 1.807) is 34.8 Å². The lowest BCUT2D eigenvalue weighted by Crippen LogP contribution is -2.53. The predicted octanol–water partition coefficient (Wildman–Crippen LogP) is 9.00. The Morgan fingerprint density at radius 2 is 1.18 bits per heavy atom. The van der Waals surface area contributed by atoms with Crippen LogP contribution in [0.15, 0.2) is 78.3 Å². The van der Waals surface area contributed by atoms with Gasteiger partial charge in [0, 0.05) is 66.5 Å². The molecule has 0 unspecified atom stereocenters. The third-order valence-corrected chi connectivity index (χ3v) is 11.1. The molecule has 2 saturated heterocycles. The van der Waals surface area contributed by atoms with Gasteiger partial charge in [-0.15, -0.1) is 0 Å². The fourth-order valence-corrected chi connectivity index (χ4v) is 7.69. The molecular weight excluding hydrogens is 949 g/mol. The summed E-state index contributed by atoms with van der Waals surface area (Å²) in [6, 6.07) is 8.91. The number of likely N-dealkylation sites (tertiary alicyclic amines) is 2. The Labute approximate surface area is 402 Å². The molecule has 3 N–H and O–H groups in total. The molecule has 1 radical (unpaired) electrons. The van der Waals surface area contributed by atoms with E-state index >= 15 is 0 Å². The predicted molar refractivity (Wildman–Crippen MR) is 254 cm³/mol. The lowest BCUT2D eigenvalue weighted by Gasteiger charge is -2.39. The van der Waals surface area contributed by atoms with Crippen molar-refractivity contribution in [3.05, 3.63) is 101 Å². The molecule has 0 aliphatic carbocycles. The van der Waals surface area contributed by atoms with Crippen LogP contribution in [0.3, 0.4) is 0 Å². The molecule has 20 heteroatoms. The molecule has 6 heterocycles. The van der Waals surface area contributed by atoms with Crippen LogP contribution < -0.4 is 14.1 Å². The number of aromatic hydroxyl groups is 2. The molecule has 363 valence electrons. The maximum Gasteiger partial charge on any atom is 0.569 e. The first-order valence-electron chi connectivity index (χ1n) is 22.1. The number of hydrogen-bond donors (Lipinski definition) is 3. The number of ether oxygens (including phenoxy) is 4. The Morgan fingerprint density at radius 1 is 0.706 bits per heavy atom. The van der Waals surface area contributed by atoms with Crippen LogP contribution in [0.1, 0.15) is 66.5 Å². The van der Waals surface area contributed by atoms with Gasteiger partial charge in [-0.05, 0) is 117 Å². The molecule has 68 heavy (non-hydrogen) atoms. The smallest absolute Gasteiger partial charge is 0.537 e. The van der Waals surface area contributed by atoms with Crippen molar-refractivity contribution < 1.29 is 57.2 Å². The van der Waals surface area contributed by atoms with Crippen LogP contribution in [0.4, 0.5) is 18.4 Å². The van der Waals surface area contributed by atoms with Crippen LogP contribution in [0, 0.1) is 23.5 Å². The molecule has 0 saturated carbocycles. The van der Waals surface area contributed by atoms with E-state index in [1.807, 2.05) is 88.7 Å². The zero-order valence-electron chi connectivity index (χ0n) is 39.3. The van der Waals surface area contributed by atoms with Gasteiger partial charge in [0.05, 0.1) is 38.3 Å². The summed E-state index contributed by atoms with van der Waals surface area (Å²) < 4.78 is 59.0. The summed E-state index contributed by atoms with van der Waals surface area (Å²) in [5, 5.41) is 27.1. The van der Waals surface area contributed by atoms with E-state index < -0.39 is 28.6 Å². The fraction of sp³-hybridized carbons (Fsp3) is 0.417. The first-order valence-corrected chi connectivity index (χ1v) is 22.9. The standard InChI is InChI=1S/C24H28FN3O4.C16H20BrN3O3.C8H9BFO3/c1-5-16-6-21(29)19(25)8-18(16)17-7-22(20-9-26-14-28(20)12-17)31-13-15-10-27(11-15)23(30)32-24(2,3)4;1-16(2,3)23-15(21)19-6-11(7-19)9-22-14-4-12(17)8-20-10-18-5-13(14)20;1-2-5-3-7(11)6(10)4-8(5)13-9-12/h6-9,12,14-15,29H,5,10-11,13H2,1-4H3;4-5,8,10-11H,6-7,9H2,1-3H3;3-4,11-12H,2H2,1H3. The number of benzene rings is 2. The molecule has 0 bridgehead atoms. The minimum atomic E-state index is -0.769. The van der Waals surface area contributed by atoms with Gasteiger partial charge >= 0.3 is 19.9 Å². The zero-order chi connectivity index (χ0) is 49.5. The molecule has 6 aromatic rings. The monoisotopic (exact) mass is 1010 g/mol. The van der Waals surface area contributed by atoms with E-state index in [2.05, 4.69) is 30.6 Å². The summed E-state index contributed by atoms with van der Waals surface area (Å²) in [6.07, 6.45) is 11.4. The highest BCUT2D eigenvalue weighted by molar-refractivity contribution is 9.10. The molecule has 4 aromatic heterocycles. The van der Waals surface area contributed by atoms with Gasteiger partial charge in [0.15, 0.2) is 23.1 Å². The van der Waals surface area contributed by atoms with Gasteiger partial charge in [0.1, 0.15) is 39.5 Å². The number of phenols is 2. The Balaban J connectivity index is 0.000000184. The van der Waals surface area contributed by atoms with Crippen LogP contribution >= 0.6 is 15.9 Å². The van der Waals surface area contributed by atoms with Crippen molar-refractivity contribution in [2.75, 3.05) is 39.4 Å². The second kappa shape index (κ2) is 21.8. The van der Waals surface area contributed by atoms with Gasteiger partial charge < -0.3 is 57.4 Å². The number of aryl methyl sites for hydroxylation is 2. The van der Waals surface area contributed by atoms with Crippen molar-refractivity contribution in [3.8, 4) is 39.9 Å². The number of hydrogen-bond acceptors (Lipinski definition) is 12. The van der Waals surface area contributed by atoms with Gasteiger partial charge in [-0.2, -0.15) is 0 Å². The van der Waals surface area contributed by atoms with E-state index in [-0.39, 0.29) is 29.6 Å². The molecule has 2 aliphatic heterocycles. The lowest BCUT2D eigenvalue weighted by molar-refractivity contribution is -0.00859. The van der Waals surface area contributed by atoms with Crippen molar-refractivity contribution in [2.45, 2.75) is 79.4 Å². The van der Waals surface area contributed by atoms with Crippen molar-refractivity contribution >= 4 is 46.8 Å². The number of pyridine rings is 2. The maximum absolute atomic E-state index is 14.1. The Kier molecular flexibility index (Phi) is 16.4. The number of amides is 2. The van der Waals surface area contributed by atoms with Gasteiger partial charge in [0.2, 0.25) is 0 Å². The van der Waals surface area contributed by atoms with Gasteiger partial charge in [-0.25, -0.2) is 28.3 Å². The van der Waals surface area contributed by atoms with E-state index in [0.717, 1.165) is 38.4 Å². The van der Waals surface area contributed by atoms with Gasteiger partial charge in [0.25, 0.3) is 0 Å². The number of fused-ring (bicyclic) bond motifs is 2. The molecule has 2 amide bonds. The highest BCUT2D eigenvalue weighted by atomic mass is 79.9. The normalized spacial score (nSPS) is 13.9.